The third-order valence-corrected chi connectivity index (χ3v) is 0.337. The van der Waals surface area contributed by atoms with E-state index in [1.807, 2.05) is 0 Å². The SMILES string of the molecule is CC(C)(C)OOC=O. The first kappa shape index (κ1) is 7.43. The molecule has 0 aliphatic carbocycles. The minimum absolute atomic E-state index is 0.255. The van der Waals surface area contributed by atoms with Crippen LogP contribution in [0.2, 0.25) is 0 Å². The van der Waals surface area contributed by atoms with E-state index in [1.54, 1.807) is 20.8 Å². The smallest absolute Gasteiger partial charge is 0.301 e. The van der Waals surface area contributed by atoms with Crippen LogP contribution >= 0.6 is 0 Å². The van der Waals surface area contributed by atoms with Gasteiger partial charge in [0.1, 0.15) is 5.60 Å². The summed E-state index contributed by atoms with van der Waals surface area (Å²) in [6, 6.07) is 0. The minimum atomic E-state index is -0.402. The van der Waals surface area contributed by atoms with E-state index in [2.05, 4.69) is 9.78 Å². The van der Waals surface area contributed by atoms with E-state index in [0.717, 1.165) is 0 Å². The zero-order valence-corrected chi connectivity index (χ0v) is 5.30. The standard InChI is InChI=1S/C5H10O3/c1-5(2,3)8-7-4-6/h4H,1-3H3. The summed E-state index contributed by atoms with van der Waals surface area (Å²) in [6.07, 6.45) is 0. The Bertz CT molecular complexity index is 72.2. The number of carbonyl (C=O) groups is 1. The van der Waals surface area contributed by atoms with E-state index in [9.17, 15) is 4.79 Å². The van der Waals surface area contributed by atoms with Crippen LogP contribution in [0.15, 0.2) is 0 Å². The summed E-state index contributed by atoms with van der Waals surface area (Å²) in [6.45, 7) is 5.62. The molecule has 0 aromatic carbocycles. The lowest BCUT2D eigenvalue weighted by Crippen LogP contribution is -2.18. The average Bonchev–Trinajstić information content (AvgIpc) is 1.59. The Morgan fingerprint density at radius 3 is 2.00 bits per heavy atom. The van der Waals surface area contributed by atoms with E-state index in [4.69, 9.17) is 0 Å². The summed E-state index contributed by atoms with van der Waals surface area (Å²) < 4.78 is 0. The van der Waals surface area contributed by atoms with Gasteiger partial charge in [0.15, 0.2) is 0 Å². The van der Waals surface area contributed by atoms with Crippen molar-refractivity contribution in [3.63, 3.8) is 0 Å². The van der Waals surface area contributed by atoms with Gasteiger partial charge in [0.25, 0.3) is 0 Å². The van der Waals surface area contributed by atoms with E-state index in [1.165, 1.54) is 0 Å². The number of hydrogen-bond donors (Lipinski definition) is 0. The first-order valence-corrected chi connectivity index (χ1v) is 2.34. The van der Waals surface area contributed by atoms with E-state index in [0.29, 0.717) is 0 Å². The van der Waals surface area contributed by atoms with Gasteiger partial charge in [0.05, 0.1) is 0 Å². The Kier molecular flexibility index (Phi) is 2.48. The van der Waals surface area contributed by atoms with Gasteiger partial charge in [0, 0.05) is 0 Å². The molecule has 3 heteroatoms. The molecule has 3 nitrogen and oxygen atoms in total. The molecule has 8 heavy (non-hydrogen) atoms. The zero-order chi connectivity index (χ0) is 6.62. The molecule has 48 valence electrons. The summed E-state index contributed by atoms with van der Waals surface area (Å²) in [5, 5.41) is 0. The van der Waals surface area contributed by atoms with Crippen molar-refractivity contribution in [1.82, 2.24) is 0 Å². The molecule has 0 bridgehead atoms. The molecule has 0 saturated heterocycles. The van der Waals surface area contributed by atoms with Crippen molar-refractivity contribution in [3.8, 4) is 0 Å². The fourth-order valence-electron chi connectivity index (χ4n) is 0.164. The first-order valence-electron chi connectivity index (χ1n) is 2.34. The Hall–Kier alpha value is -0.570. The van der Waals surface area contributed by atoms with Crippen molar-refractivity contribution in [1.29, 1.82) is 0 Å². The molecule has 0 aromatic heterocycles. The summed E-state index contributed by atoms with van der Waals surface area (Å²) in [4.78, 5) is 18.0. The van der Waals surface area contributed by atoms with Gasteiger partial charge >= 0.3 is 6.47 Å². The lowest BCUT2D eigenvalue weighted by molar-refractivity contribution is -0.310. The minimum Gasteiger partial charge on any atom is -0.301 e. The van der Waals surface area contributed by atoms with Crippen molar-refractivity contribution in [2.75, 3.05) is 0 Å². The Balaban J connectivity index is 3.24. The Morgan fingerprint density at radius 1 is 1.38 bits per heavy atom. The van der Waals surface area contributed by atoms with Crippen LogP contribution in [0.1, 0.15) is 20.8 Å². The van der Waals surface area contributed by atoms with Gasteiger partial charge in [-0.15, -0.1) is 0 Å². The highest BCUT2D eigenvalue weighted by Crippen LogP contribution is 2.05. The largest absolute Gasteiger partial charge is 0.330 e. The Morgan fingerprint density at radius 2 is 1.88 bits per heavy atom. The molecule has 0 amide bonds. The number of rotatable bonds is 2. The van der Waals surface area contributed by atoms with Gasteiger partial charge in [-0.25, -0.2) is 0 Å². The summed E-state index contributed by atoms with van der Waals surface area (Å²) in [5.41, 5.74) is -0.402. The molecule has 0 aliphatic rings. The van der Waals surface area contributed by atoms with E-state index >= 15 is 0 Å². The average molecular weight is 118 g/mol. The fraction of sp³-hybridized carbons (Fsp3) is 0.800. The quantitative estimate of drug-likeness (QED) is 0.307. The molecule has 0 spiro atoms. The predicted molar refractivity (Wildman–Crippen MR) is 28.0 cm³/mol. The van der Waals surface area contributed by atoms with Crippen LogP contribution in [0.5, 0.6) is 0 Å². The van der Waals surface area contributed by atoms with Gasteiger partial charge in [-0.05, 0) is 20.8 Å². The summed E-state index contributed by atoms with van der Waals surface area (Å²) >= 11 is 0. The lowest BCUT2D eigenvalue weighted by Gasteiger charge is -2.13. The van der Waals surface area contributed by atoms with Crippen LogP contribution in [0.25, 0.3) is 0 Å². The highest BCUT2D eigenvalue weighted by atomic mass is 17.2. The van der Waals surface area contributed by atoms with Crippen LogP contribution in [-0.2, 0) is 14.6 Å². The van der Waals surface area contributed by atoms with Crippen molar-refractivity contribution in [2.45, 2.75) is 26.4 Å². The number of hydrogen-bond acceptors (Lipinski definition) is 3. The van der Waals surface area contributed by atoms with Crippen LogP contribution in [0, 0.1) is 0 Å². The highest BCUT2D eigenvalue weighted by molar-refractivity contribution is 5.35. The van der Waals surface area contributed by atoms with Crippen LogP contribution in [0.3, 0.4) is 0 Å². The molecule has 0 rings (SSSR count). The normalized spacial score (nSPS) is 10.9. The van der Waals surface area contributed by atoms with E-state index in [-0.39, 0.29) is 6.47 Å². The Labute approximate surface area is 48.5 Å². The van der Waals surface area contributed by atoms with Crippen molar-refractivity contribution in [2.24, 2.45) is 0 Å². The van der Waals surface area contributed by atoms with Gasteiger partial charge < -0.3 is 4.89 Å². The maximum absolute atomic E-state index is 9.50. The molecule has 0 heterocycles. The maximum Gasteiger partial charge on any atom is 0.330 e. The van der Waals surface area contributed by atoms with Gasteiger partial charge in [0.2, 0.25) is 0 Å². The monoisotopic (exact) mass is 118 g/mol. The second kappa shape index (κ2) is 2.67. The number of carbonyl (C=O) groups excluding carboxylic acids is 1. The van der Waals surface area contributed by atoms with Crippen LogP contribution < -0.4 is 0 Å². The van der Waals surface area contributed by atoms with Crippen molar-refractivity contribution in [3.05, 3.63) is 0 Å². The van der Waals surface area contributed by atoms with Crippen LogP contribution in [-0.4, -0.2) is 12.1 Å². The van der Waals surface area contributed by atoms with Crippen molar-refractivity contribution < 1.29 is 14.6 Å². The second-order valence-corrected chi connectivity index (χ2v) is 2.39. The van der Waals surface area contributed by atoms with Gasteiger partial charge in [-0.3, -0.25) is 4.79 Å². The summed E-state index contributed by atoms with van der Waals surface area (Å²) in [7, 11) is 0. The second-order valence-electron chi connectivity index (χ2n) is 2.39. The fourth-order valence-corrected chi connectivity index (χ4v) is 0.164. The zero-order valence-electron chi connectivity index (χ0n) is 5.30. The molecule has 0 fully saturated rings. The lowest BCUT2D eigenvalue weighted by atomic mass is 10.2. The molecule has 0 atom stereocenters. The topological polar surface area (TPSA) is 35.5 Å². The third kappa shape index (κ3) is 5.43. The summed E-state index contributed by atoms with van der Waals surface area (Å²) in [5.74, 6) is 0. The van der Waals surface area contributed by atoms with Crippen molar-refractivity contribution >= 4 is 6.47 Å². The molecule has 0 aliphatic heterocycles. The molecule has 0 saturated carbocycles. The molecule has 0 N–H and O–H groups in total. The first-order chi connectivity index (χ1) is 3.56. The van der Waals surface area contributed by atoms with Crippen LogP contribution in [0.4, 0.5) is 0 Å². The predicted octanol–water partition coefficient (Wildman–Crippen LogP) is 0.889. The molecule has 0 unspecified atom stereocenters. The third-order valence-electron chi connectivity index (χ3n) is 0.337. The highest BCUT2D eigenvalue weighted by Gasteiger charge is 2.10. The van der Waals surface area contributed by atoms with Gasteiger partial charge in [-0.2, -0.15) is 4.89 Å². The molecule has 0 radical (unpaired) electrons. The molecular formula is C5H10O3. The molecular weight excluding hydrogens is 108 g/mol. The maximum atomic E-state index is 9.50. The van der Waals surface area contributed by atoms with E-state index < -0.39 is 5.60 Å². The molecule has 0 aromatic rings. The van der Waals surface area contributed by atoms with Gasteiger partial charge in [-0.1, -0.05) is 0 Å².